The highest BCUT2D eigenvalue weighted by atomic mass is 32.2. The molecule has 2 aromatic heterocycles. The van der Waals surface area contributed by atoms with E-state index in [1.165, 1.54) is 4.90 Å². The summed E-state index contributed by atoms with van der Waals surface area (Å²) in [5.41, 5.74) is 8.00. The van der Waals surface area contributed by atoms with Crippen molar-refractivity contribution in [2.24, 2.45) is 0 Å². The Morgan fingerprint density at radius 2 is 1.64 bits per heavy atom. The van der Waals surface area contributed by atoms with Crippen molar-refractivity contribution in [3.05, 3.63) is 125 Å². The van der Waals surface area contributed by atoms with Crippen molar-refractivity contribution < 1.29 is 4.79 Å². The van der Waals surface area contributed by atoms with E-state index in [-0.39, 0.29) is 12.1 Å². The fourth-order valence-corrected chi connectivity index (χ4v) is 5.94. The van der Waals surface area contributed by atoms with Crippen LogP contribution in [0.5, 0.6) is 0 Å². The maximum Gasteiger partial charge on any atom is 0.322 e. The van der Waals surface area contributed by atoms with Crippen molar-refractivity contribution in [3.63, 3.8) is 0 Å². The highest BCUT2D eigenvalue weighted by Gasteiger charge is 2.36. The molecule has 39 heavy (non-hydrogen) atoms. The number of aryl methyl sites for hydroxylation is 3. The van der Waals surface area contributed by atoms with Gasteiger partial charge < -0.3 is 14.8 Å². The Hall–Kier alpha value is -4.23. The van der Waals surface area contributed by atoms with Crippen LogP contribution in [0.15, 0.2) is 96.0 Å². The summed E-state index contributed by atoms with van der Waals surface area (Å²) in [5, 5.41) is 8.14. The lowest BCUT2D eigenvalue weighted by molar-refractivity contribution is 0.194. The number of carbonyl (C=O) groups is 1. The molecule has 1 N–H and O–H groups in total. The lowest BCUT2D eigenvalue weighted by atomic mass is 10.0. The Morgan fingerprint density at radius 3 is 2.33 bits per heavy atom. The van der Waals surface area contributed by atoms with Gasteiger partial charge in [-0.2, -0.15) is 5.10 Å². The van der Waals surface area contributed by atoms with Gasteiger partial charge in [0.1, 0.15) is 5.82 Å². The van der Waals surface area contributed by atoms with Crippen LogP contribution in [0.2, 0.25) is 0 Å². The number of hydrogen-bond donors (Lipinski definition) is 1. The smallest absolute Gasteiger partial charge is 0.308 e. The molecule has 6 nitrogen and oxygen atoms in total. The summed E-state index contributed by atoms with van der Waals surface area (Å²) in [6.45, 7) is 6.53. The monoisotopic (exact) mass is 533 g/mol. The molecule has 0 aliphatic carbocycles. The van der Waals surface area contributed by atoms with Crippen LogP contribution < -0.4 is 5.32 Å². The van der Waals surface area contributed by atoms with Gasteiger partial charge in [0.25, 0.3) is 0 Å². The number of amides is 2. The fourth-order valence-electron chi connectivity index (χ4n) is 5.53. The van der Waals surface area contributed by atoms with Gasteiger partial charge in [-0.3, -0.25) is 0 Å². The van der Waals surface area contributed by atoms with Gasteiger partial charge in [-0.25, -0.2) is 9.48 Å². The SMILES string of the molecule is CSc1ccc([C@@H]2c3cccn3-c3c(c(C)nn3-c3ccccc3)CN2C(=O)Nc2cc(C)cc(C)c2)cc1. The van der Waals surface area contributed by atoms with E-state index in [9.17, 15) is 4.79 Å². The number of fused-ring (bicyclic) bond motifs is 3. The van der Waals surface area contributed by atoms with Crippen LogP contribution in [-0.4, -0.2) is 31.5 Å². The zero-order valence-electron chi connectivity index (χ0n) is 22.6. The van der Waals surface area contributed by atoms with Crippen molar-refractivity contribution in [2.45, 2.75) is 38.3 Å². The Morgan fingerprint density at radius 1 is 0.923 bits per heavy atom. The molecule has 0 fully saturated rings. The zero-order chi connectivity index (χ0) is 27.1. The molecule has 1 aliphatic rings. The van der Waals surface area contributed by atoms with Gasteiger partial charge in [0.2, 0.25) is 0 Å². The van der Waals surface area contributed by atoms with Gasteiger partial charge in [0.05, 0.1) is 29.7 Å². The molecule has 0 saturated heterocycles. The van der Waals surface area contributed by atoms with E-state index in [1.807, 2.05) is 66.8 Å². The number of aromatic nitrogens is 3. The highest BCUT2D eigenvalue weighted by Crippen LogP contribution is 2.39. The van der Waals surface area contributed by atoms with E-state index in [0.29, 0.717) is 6.54 Å². The summed E-state index contributed by atoms with van der Waals surface area (Å²) in [5.74, 6) is 0.964. The van der Waals surface area contributed by atoms with E-state index < -0.39 is 0 Å². The third kappa shape index (κ3) is 4.63. The van der Waals surface area contributed by atoms with Gasteiger partial charge in [0, 0.05) is 22.3 Å². The number of hydrogen-bond acceptors (Lipinski definition) is 3. The number of rotatable bonds is 4. The van der Waals surface area contributed by atoms with Crippen LogP contribution in [0.25, 0.3) is 11.5 Å². The quantitative estimate of drug-likeness (QED) is 0.244. The van der Waals surface area contributed by atoms with Gasteiger partial charge >= 0.3 is 6.03 Å². The molecular weight excluding hydrogens is 502 g/mol. The van der Waals surface area contributed by atoms with Crippen molar-refractivity contribution in [1.82, 2.24) is 19.2 Å². The number of urea groups is 1. The van der Waals surface area contributed by atoms with Crippen LogP contribution in [-0.2, 0) is 6.54 Å². The topological polar surface area (TPSA) is 55.1 Å². The Bertz CT molecular complexity index is 1630. The molecule has 1 atom stereocenters. The van der Waals surface area contributed by atoms with Gasteiger partial charge in [-0.15, -0.1) is 11.8 Å². The minimum atomic E-state index is -0.294. The van der Waals surface area contributed by atoms with Crippen molar-refractivity contribution in [1.29, 1.82) is 0 Å². The van der Waals surface area contributed by atoms with Crippen LogP contribution in [0.1, 0.15) is 39.7 Å². The first-order valence-electron chi connectivity index (χ1n) is 13.0. The second kappa shape index (κ2) is 10.2. The maximum absolute atomic E-state index is 14.2. The molecule has 0 saturated carbocycles. The minimum Gasteiger partial charge on any atom is -0.308 e. The van der Waals surface area contributed by atoms with E-state index in [2.05, 4.69) is 70.9 Å². The van der Waals surface area contributed by atoms with Crippen molar-refractivity contribution >= 4 is 23.5 Å². The first kappa shape index (κ1) is 25.1. The second-order valence-electron chi connectivity index (χ2n) is 10.0. The summed E-state index contributed by atoms with van der Waals surface area (Å²) >= 11 is 1.71. The normalized spacial score (nSPS) is 14.5. The Labute approximate surface area is 233 Å². The third-order valence-corrected chi connectivity index (χ3v) is 8.00. The van der Waals surface area contributed by atoms with Crippen molar-refractivity contribution in [2.75, 3.05) is 11.6 Å². The molecule has 196 valence electrons. The molecule has 1 aliphatic heterocycles. The molecule has 6 rings (SSSR count). The van der Waals surface area contributed by atoms with Crippen LogP contribution in [0, 0.1) is 20.8 Å². The Balaban J connectivity index is 1.52. The number of benzene rings is 3. The summed E-state index contributed by atoms with van der Waals surface area (Å²) in [6, 6.07) is 28.5. The van der Waals surface area contributed by atoms with E-state index in [4.69, 9.17) is 5.10 Å². The first-order valence-corrected chi connectivity index (χ1v) is 14.3. The highest BCUT2D eigenvalue weighted by molar-refractivity contribution is 7.98. The number of anilines is 1. The van der Waals surface area contributed by atoms with Crippen LogP contribution in [0.3, 0.4) is 0 Å². The zero-order valence-corrected chi connectivity index (χ0v) is 23.4. The van der Waals surface area contributed by atoms with Crippen LogP contribution in [0.4, 0.5) is 10.5 Å². The third-order valence-electron chi connectivity index (χ3n) is 7.25. The average Bonchev–Trinajstić information content (AvgIpc) is 3.49. The summed E-state index contributed by atoms with van der Waals surface area (Å²) < 4.78 is 4.19. The number of thioether (sulfide) groups is 1. The number of nitrogens with one attached hydrogen (secondary N) is 1. The minimum absolute atomic E-state index is 0.147. The number of nitrogens with zero attached hydrogens (tertiary/aromatic N) is 4. The van der Waals surface area contributed by atoms with Gasteiger partial charge in [-0.1, -0.05) is 36.4 Å². The Kier molecular flexibility index (Phi) is 6.53. The lowest BCUT2D eigenvalue weighted by Crippen LogP contribution is -2.38. The maximum atomic E-state index is 14.2. The molecule has 2 amide bonds. The molecule has 0 bridgehead atoms. The summed E-state index contributed by atoms with van der Waals surface area (Å²) in [4.78, 5) is 17.3. The predicted octanol–water partition coefficient (Wildman–Crippen LogP) is 7.45. The standard InChI is InChI=1S/C32H31N5OS/c1-21-17-22(2)19-25(18-21)33-32(38)36-20-28-23(3)34-37(26-9-6-5-7-10-26)31(28)35-16-8-11-29(35)30(36)24-12-14-27(39-4)15-13-24/h5-19,30H,20H2,1-4H3,(H,33,38)/t30-/m1/s1. The second-order valence-corrected chi connectivity index (χ2v) is 10.9. The number of carbonyl (C=O) groups excluding carboxylic acids is 1. The number of para-hydroxylation sites is 1. The molecule has 7 heteroatoms. The van der Waals surface area contributed by atoms with Gasteiger partial charge in [-0.05, 0) is 92.2 Å². The average molecular weight is 534 g/mol. The van der Waals surface area contributed by atoms with Crippen molar-refractivity contribution in [3.8, 4) is 11.5 Å². The largest absolute Gasteiger partial charge is 0.322 e. The van der Waals surface area contributed by atoms with E-state index >= 15 is 0 Å². The molecule has 0 radical (unpaired) electrons. The predicted molar refractivity (Wildman–Crippen MR) is 158 cm³/mol. The molecule has 3 heterocycles. The molecule has 5 aromatic rings. The lowest BCUT2D eigenvalue weighted by Gasteiger charge is -2.31. The summed E-state index contributed by atoms with van der Waals surface area (Å²) in [6.07, 6.45) is 4.15. The van der Waals surface area contributed by atoms with E-state index in [0.717, 1.165) is 50.8 Å². The molecule has 0 unspecified atom stereocenters. The van der Waals surface area contributed by atoms with Gasteiger partial charge in [0.15, 0.2) is 0 Å². The van der Waals surface area contributed by atoms with Crippen LogP contribution >= 0.6 is 11.8 Å². The molecule has 0 spiro atoms. The summed E-state index contributed by atoms with van der Waals surface area (Å²) in [7, 11) is 0. The molecule has 3 aromatic carbocycles. The first-order chi connectivity index (χ1) is 18.9. The van der Waals surface area contributed by atoms with E-state index in [1.54, 1.807) is 11.8 Å². The molecular formula is C32H31N5OS. The fraction of sp³-hybridized carbons (Fsp3) is 0.188.